The van der Waals surface area contributed by atoms with Crippen LogP contribution in [-0.2, 0) is 16.2 Å². The monoisotopic (exact) mass is 1620 g/mol. The molecule has 27 rings (SSSR count). The molecule has 0 fully saturated rings. The number of hydrogen-bond donors (Lipinski definition) is 0. The van der Waals surface area contributed by atoms with Crippen LogP contribution in [0.2, 0.25) is 0 Å². The molecular formula is C117H81N3S3. The zero-order chi connectivity index (χ0) is 81.9. The van der Waals surface area contributed by atoms with E-state index in [1.165, 1.54) is 243 Å². The zero-order valence-corrected chi connectivity index (χ0v) is 71.4. The highest BCUT2D eigenvalue weighted by molar-refractivity contribution is 7.27. The zero-order valence-electron chi connectivity index (χ0n) is 68.9. The molecular weight excluding hydrogens is 1540 g/mol. The molecule has 3 aliphatic carbocycles. The molecule has 0 radical (unpaired) electrons. The summed E-state index contributed by atoms with van der Waals surface area (Å²) in [6.07, 6.45) is 0. The number of benzene rings is 18. The van der Waals surface area contributed by atoms with E-state index in [1.807, 2.05) is 34.0 Å². The number of rotatable bonds is 6. The Morgan fingerprint density at radius 1 is 0.179 bits per heavy atom. The van der Waals surface area contributed by atoms with Crippen molar-refractivity contribution in [2.45, 2.75) is 57.8 Å². The number of para-hydroxylation sites is 6. The van der Waals surface area contributed by atoms with Crippen LogP contribution in [0.4, 0.5) is 0 Å². The van der Waals surface area contributed by atoms with Gasteiger partial charge in [-0.3, -0.25) is 0 Å². The maximum absolute atomic E-state index is 2.45. The van der Waals surface area contributed by atoms with Gasteiger partial charge in [0.25, 0.3) is 0 Å². The van der Waals surface area contributed by atoms with Crippen LogP contribution in [0.25, 0.3) is 210 Å². The first-order valence-corrected chi connectivity index (χ1v) is 45.3. The fraction of sp³-hybridized carbons (Fsp3) is 0.0769. The normalized spacial score (nSPS) is 13.8. The minimum absolute atomic E-state index is 0.0272. The average molecular weight is 1630 g/mol. The van der Waals surface area contributed by atoms with E-state index in [0.29, 0.717) is 0 Å². The van der Waals surface area contributed by atoms with Crippen LogP contribution in [0.15, 0.2) is 382 Å². The molecule has 24 aromatic rings. The van der Waals surface area contributed by atoms with E-state index in [1.54, 1.807) is 0 Å². The Morgan fingerprint density at radius 3 is 0.878 bits per heavy atom. The van der Waals surface area contributed by atoms with Crippen molar-refractivity contribution in [1.82, 2.24) is 13.7 Å². The van der Waals surface area contributed by atoms with E-state index in [9.17, 15) is 0 Å². The van der Waals surface area contributed by atoms with Crippen molar-refractivity contribution in [1.29, 1.82) is 0 Å². The number of aromatic nitrogens is 3. The molecule has 3 nitrogen and oxygen atoms in total. The Balaban J connectivity index is 0.000000101. The van der Waals surface area contributed by atoms with E-state index in [2.05, 4.69) is 437 Å². The molecule has 0 N–H and O–H groups in total. The van der Waals surface area contributed by atoms with Crippen molar-refractivity contribution in [3.8, 4) is 83.8 Å². The van der Waals surface area contributed by atoms with Gasteiger partial charge >= 0.3 is 0 Å². The van der Waals surface area contributed by atoms with E-state index < -0.39 is 0 Å². The molecule has 6 heterocycles. The predicted octanol–water partition coefficient (Wildman–Crippen LogP) is 33.4. The van der Waals surface area contributed by atoms with Crippen LogP contribution in [0.3, 0.4) is 0 Å². The Kier molecular flexibility index (Phi) is 15.8. The molecule has 0 aliphatic heterocycles. The van der Waals surface area contributed by atoms with Gasteiger partial charge in [-0.05, 0) is 205 Å². The SMILES string of the molecule is CC1(C)c2cc(-c3ccc4c(c3)c3ccccc3n4-c3ccccc3)ccc2-c2c1ccc1c2sc2ccccc21.CC1(C)c2cc(-c3ccc4c5ccccc5n(-c5ccccc5)c4c3)ccc2-c2c1ccc1c2sc2ccccc21.CC1(C)c2ccc(-c3ccc4c(c3)c3ccccc3n4-c3ccccc3)cc2-c2c1ccc1c2sc2ccccc21. The molecule has 0 atom stereocenters. The summed E-state index contributed by atoms with van der Waals surface area (Å²) in [5.74, 6) is 0. The third-order valence-electron chi connectivity index (χ3n) is 27.6. The Morgan fingerprint density at radius 2 is 0.455 bits per heavy atom. The Bertz CT molecular complexity index is 8580. The second kappa shape index (κ2) is 27.0. The van der Waals surface area contributed by atoms with Gasteiger partial charge < -0.3 is 13.7 Å². The second-order valence-electron chi connectivity index (χ2n) is 35.3. The number of fused-ring (bicyclic) bond motifs is 30. The summed E-state index contributed by atoms with van der Waals surface area (Å²) >= 11 is 5.80. The summed E-state index contributed by atoms with van der Waals surface area (Å²) in [5.41, 5.74) is 35.4. The van der Waals surface area contributed by atoms with Gasteiger partial charge in [0.1, 0.15) is 0 Å². The van der Waals surface area contributed by atoms with Crippen LogP contribution in [0.5, 0.6) is 0 Å². The van der Waals surface area contributed by atoms with Crippen LogP contribution in [-0.4, -0.2) is 13.7 Å². The van der Waals surface area contributed by atoms with E-state index in [-0.39, 0.29) is 16.2 Å². The van der Waals surface area contributed by atoms with E-state index in [4.69, 9.17) is 0 Å². The Hall–Kier alpha value is -14.0. The van der Waals surface area contributed by atoms with Gasteiger partial charge in [0, 0.05) is 143 Å². The lowest BCUT2D eigenvalue weighted by molar-refractivity contribution is 0.661. The molecule has 0 amide bonds. The second-order valence-corrected chi connectivity index (χ2v) is 38.5. The standard InChI is InChI=1S/3C39H27NS/c1-39(2)32-19-16-24(23-31(32)37-33(39)20-18-29-28-13-7-9-15-36(28)41-38(29)37)25-17-21-35-30(22-25)27-12-6-8-14-34(27)40(35)26-10-4-3-5-11-26;1-39(2)32-20-19-29-28-13-7-9-15-36(28)41-38(29)37(32)30-18-16-25(23-33(30)39)24-17-21-35-31(22-24)27-12-6-8-14-34(27)40(35)26-10-4-3-5-11-26;1-39(2)32-21-20-30-29-13-7-9-15-36(29)41-38(30)37(32)31-19-17-24(22-33(31)39)25-16-18-28-27-12-6-8-14-34(27)40(35(28)23-25)26-10-4-3-5-11-26/h3*3-23H,1-2H3. The number of nitrogens with zero attached hydrogens (tertiary/aromatic N) is 3. The largest absolute Gasteiger partial charge is 0.309 e. The molecule has 18 aromatic carbocycles. The Labute approximate surface area is 725 Å². The molecule has 123 heavy (non-hydrogen) atoms. The van der Waals surface area contributed by atoms with Gasteiger partial charge in [0.05, 0.1) is 33.1 Å². The van der Waals surface area contributed by atoms with Gasteiger partial charge in [-0.15, -0.1) is 34.0 Å². The molecule has 0 spiro atoms. The van der Waals surface area contributed by atoms with Crippen LogP contribution < -0.4 is 0 Å². The predicted molar refractivity (Wildman–Crippen MR) is 530 cm³/mol. The fourth-order valence-electron chi connectivity index (χ4n) is 21.6. The summed E-state index contributed by atoms with van der Waals surface area (Å²) in [5, 5.41) is 15.9. The van der Waals surface area contributed by atoms with E-state index >= 15 is 0 Å². The molecule has 582 valence electrons. The van der Waals surface area contributed by atoms with Gasteiger partial charge in [-0.2, -0.15) is 0 Å². The first-order valence-electron chi connectivity index (χ1n) is 42.8. The summed E-state index contributed by atoms with van der Waals surface area (Å²) < 4.78 is 15.5. The van der Waals surface area contributed by atoms with E-state index in [0.717, 1.165) is 0 Å². The molecule has 0 saturated carbocycles. The molecule has 6 aromatic heterocycles. The smallest absolute Gasteiger partial charge is 0.0547 e. The molecule has 0 unspecified atom stereocenters. The maximum atomic E-state index is 2.45. The van der Waals surface area contributed by atoms with Crippen LogP contribution in [0, 0.1) is 0 Å². The maximum Gasteiger partial charge on any atom is 0.0547 e. The summed E-state index contributed by atoms with van der Waals surface area (Å²) in [6.45, 7) is 14.3. The minimum Gasteiger partial charge on any atom is -0.309 e. The fourth-order valence-corrected chi connectivity index (χ4v) is 25.4. The highest BCUT2D eigenvalue weighted by Crippen LogP contribution is 2.59. The highest BCUT2D eigenvalue weighted by Gasteiger charge is 2.41. The minimum atomic E-state index is -0.0614. The average Bonchev–Trinajstić information content (AvgIpc) is 1.55. The van der Waals surface area contributed by atoms with Gasteiger partial charge in [-0.25, -0.2) is 0 Å². The third kappa shape index (κ3) is 10.7. The topological polar surface area (TPSA) is 14.8 Å². The number of hydrogen-bond acceptors (Lipinski definition) is 3. The van der Waals surface area contributed by atoms with Crippen LogP contribution in [0.1, 0.15) is 74.9 Å². The lowest BCUT2D eigenvalue weighted by Crippen LogP contribution is -2.14. The van der Waals surface area contributed by atoms with Crippen molar-refractivity contribution in [3.63, 3.8) is 0 Å². The molecule has 6 heteroatoms. The summed E-state index contributed by atoms with van der Waals surface area (Å²) in [6, 6.07) is 141. The van der Waals surface area contributed by atoms with Crippen LogP contribution >= 0.6 is 34.0 Å². The quantitative estimate of drug-likeness (QED) is 0.158. The van der Waals surface area contributed by atoms with Gasteiger partial charge in [0.2, 0.25) is 0 Å². The molecule has 0 saturated heterocycles. The van der Waals surface area contributed by atoms with Gasteiger partial charge in [0.15, 0.2) is 0 Å². The van der Waals surface area contributed by atoms with Crippen molar-refractivity contribution in [2.24, 2.45) is 0 Å². The molecule has 0 bridgehead atoms. The molecule has 3 aliphatic rings. The summed E-state index contributed by atoms with van der Waals surface area (Å²) in [7, 11) is 0. The summed E-state index contributed by atoms with van der Waals surface area (Å²) in [4.78, 5) is 0. The number of thiophene rings is 3. The van der Waals surface area contributed by atoms with Crippen molar-refractivity contribution in [2.75, 3.05) is 0 Å². The van der Waals surface area contributed by atoms with Crippen molar-refractivity contribution in [3.05, 3.63) is 416 Å². The van der Waals surface area contributed by atoms with Crippen molar-refractivity contribution >= 4 is 160 Å². The lowest BCUT2D eigenvalue weighted by Gasteiger charge is -2.22. The van der Waals surface area contributed by atoms with Gasteiger partial charge in [-0.1, -0.05) is 302 Å². The lowest BCUT2D eigenvalue weighted by atomic mass is 9.81. The first kappa shape index (κ1) is 71.9. The first-order chi connectivity index (χ1) is 60.3. The third-order valence-corrected chi connectivity index (χ3v) is 31.2. The highest BCUT2D eigenvalue weighted by atomic mass is 32.1. The van der Waals surface area contributed by atoms with Crippen molar-refractivity contribution < 1.29 is 0 Å².